The van der Waals surface area contributed by atoms with Crippen LogP contribution in [-0.4, -0.2) is 54.3 Å². The second-order valence-corrected chi connectivity index (χ2v) is 10.5. The third-order valence-corrected chi connectivity index (χ3v) is 7.65. The molecule has 6 aromatic heterocycles. The quantitative estimate of drug-likeness (QED) is 0.296. The van der Waals surface area contributed by atoms with Gasteiger partial charge in [-0.05, 0) is 63.2 Å². The van der Waals surface area contributed by atoms with Crippen LogP contribution in [-0.2, 0) is 0 Å². The van der Waals surface area contributed by atoms with Gasteiger partial charge in [-0.15, -0.1) is 11.3 Å². The first-order chi connectivity index (χ1) is 18.2. The highest BCUT2D eigenvalue weighted by atomic mass is 32.1. The molecule has 0 amide bonds. The van der Waals surface area contributed by atoms with E-state index in [9.17, 15) is 0 Å². The standard InChI is InChI=1S/C27H24N8OS/c1-15-2-3-23(37-15)26-25-20(6-9-30-26)32-27(33-25)24-19-11-21(31-14-22(19)34-35-24)16-10-18(13-29-12-16)36-17-4-7-28-8-5-17/h2-3,6,9-14,17,28H,4-5,7-8H2,1H3,(H,32,33)(H,34,35). The molecular weight excluding hydrogens is 484 g/mol. The predicted octanol–water partition coefficient (Wildman–Crippen LogP) is 5.13. The Labute approximate surface area is 216 Å². The summed E-state index contributed by atoms with van der Waals surface area (Å²) in [6.07, 6.45) is 9.38. The number of fused-ring (bicyclic) bond motifs is 2. The molecule has 1 aliphatic heterocycles. The Morgan fingerprint density at radius 3 is 2.76 bits per heavy atom. The van der Waals surface area contributed by atoms with Gasteiger partial charge < -0.3 is 15.0 Å². The van der Waals surface area contributed by atoms with Gasteiger partial charge in [-0.25, -0.2) is 4.98 Å². The van der Waals surface area contributed by atoms with Crippen LogP contribution < -0.4 is 10.1 Å². The van der Waals surface area contributed by atoms with Crippen molar-refractivity contribution in [1.82, 2.24) is 40.4 Å². The van der Waals surface area contributed by atoms with Crippen molar-refractivity contribution in [2.45, 2.75) is 25.9 Å². The number of ether oxygens (including phenoxy) is 1. The number of nitrogens with one attached hydrogen (secondary N) is 3. The van der Waals surface area contributed by atoms with Gasteiger partial charge in [0.15, 0.2) is 5.82 Å². The van der Waals surface area contributed by atoms with Gasteiger partial charge in [-0.2, -0.15) is 5.10 Å². The molecule has 7 heterocycles. The molecule has 0 saturated carbocycles. The number of hydrogen-bond donors (Lipinski definition) is 3. The van der Waals surface area contributed by atoms with Gasteiger partial charge in [0.25, 0.3) is 0 Å². The van der Waals surface area contributed by atoms with Crippen molar-refractivity contribution in [3.63, 3.8) is 0 Å². The van der Waals surface area contributed by atoms with Crippen LogP contribution in [0.15, 0.2) is 55.1 Å². The molecule has 6 aromatic rings. The summed E-state index contributed by atoms with van der Waals surface area (Å²) < 4.78 is 6.20. The van der Waals surface area contributed by atoms with Crippen molar-refractivity contribution in [2.75, 3.05) is 13.1 Å². The van der Waals surface area contributed by atoms with E-state index in [1.165, 1.54) is 4.88 Å². The molecule has 0 unspecified atom stereocenters. The number of aryl methyl sites for hydroxylation is 1. The fourth-order valence-electron chi connectivity index (χ4n) is 4.77. The number of aromatic amines is 2. The molecular formula is C27H24N8OS. The van der Waals surface area contributed by atoms with E-state index in [2.05, 4.69) is 54.5 Å². The average molecular weight is 509 g/mol. The monoisotopic (exact) mass is 508 g/mol. The van der Waals surface area contributed by atoms with Gasteiger partial charge in [-0.1, -0.05) is 0 Å². The number of pyridine rings is 3. The number of piperidine rings is 1. The highest BCUT2D eigenvalue weighted by molar-refractivity contribution is 7.15. The van der Waals surface area contributed by atoms with E-state index < -0.39 is 0 Å². The molecule has 1 fully saturated rings. The molecule has 3 N–H and O–H groups in total. The predicted molar refractivity (Wildman–Crippen MR) is 145 cm³/mol. The van der Waals surface area contributed by atoms with Crippen molar-refractivity contribution >= 4 is 33.3 Å². The van der Waals surface area contributed by atoms with E-state index in [0.717, 1.165) is 81.1 Å². The van der Waals surface area contributed by atoms with Crippen molar-refractivity contribution in [1.29, 1.82) is 0 Å². The number of rotatable bonds is 5. The number of hydrogen-bond acceptors (Lipinski definition) is 8. The molecule has 1 saturated heterocycles. The number of aromatic nitrogens is 7. The Hall–Kier alpha value is -4.15. The third kappa shape index (κ3) is 4.13. The zero-order valence-corrected chi connectivity index (χ0v) is 21.0. The van der Waals surface area contributed by atoms with E-state index in [4.69, 9.17) is 9.72 Å². The van der Waals surface area contributed by atoms with Crippen molar-refractivity contribution in [3.05, 3.63) is 60.0 Å². The lowest BCUT2D eigenvalue weighted by Crippen LogP contribution is -2.34. The van der Waals surface area contributed by atoms with Crippen LogP contribution in [0.2, 0.25) is 0 Å². The average Bonchev–Trinajstić information content (AvgIpc) is 3.66. The van der Waals surface area contributed by atoms with Gasteiger partial charge in [0.1, 0.15) is 28.8 Å². The molecule has 0 bridgehead atoms. The summed E-state index contributed by atoms with van der Waals surface area (Å²) in [5, 5.41) is 12.0. The van der Waals surface area contributed by atoms with Crippen LogP contribution in [0.5, 0.6) is 5.75 Å². The van der Waals surface area contributed by atoms with Crippen LogP contribution in [0.4, 0.5) is 0 Å². The Morgan fingerprint density at radius 1 is 0.973 bits per heavy atom. The SMILES string of the molecule is Cc1ccc(-c2nccc3[nH]c(-c4n[nH]c5cnc(-c6cncc(OC7CCNCC7)c6)cc45)nc23)s1. The fraction of sp³-hybridized carbons (Fsp3) is 0.222. The molecule has 9 nitrogen and oxygen atoms in total. The Morgan fingerprint density at radius 2 is 1.89 bits per heavy atom. The van der Waals surface area contributed by atoms with Gasteiger partial charge in [-0.3, -0.25) is 20.1 Å². The minimum atomic E-state index is 0.208. The second kappa shape index (κ2) is 9.06. The molecule has 0 aliphatic carbocycles. The van der Waals surface area contributed by atoms with E-state index in [-0.39, 0.29) is 6.10 Å². The summed E-state index contributed by atoms with van der Waals surface area (Å²) in [7, 11) is 0. The number of nitrogens with zero attached hydrogens (tertiary/aromatic N) is 5. The molecule has 0 aromatic carbocycles. The summed E-state index contributed by atoms with van der Waals surface area (Å²) in [5.74, 6) is 1.45. The highest BCUT2D eigenvalue weighted by Gasteiger charge is 2.18. The van der Waals surface area contributed by atoms with Crippen LogP contribution >= 0.6 is 11.3 Å². The maximum atomic E-state index is 6.20. The zero-order chi connectivity index (χ0) is 24.8. The van der Waals surface area contributed by atoms with Crippen LogP contribution in [0.3, 0.4) is 0 Å². The fourth-order valence-corrected chi connectivity index (χ4v) is 5.64. The van der Waals surface area contributed by atoms with Gasteiger partial charge in [0.05, 0.1) is 34.0 Å². The Bertz CT molecular complexity index is 1730. The Kier molecular flexibility index (Phi) is 5.40. The summed E-state index contributed by atoms with van der Waals surface area (Å²) in [6.45, 7) is 4.05. The number of imidazole rings is 1. The van der Waals surface area contributed by atoms with Crippen molar-refractivity contribution in [3.8, 4) is 39.1 Å². The van der Waals surface area contributed by atoms with Crippen LogP contribution in [0.1, 0.15) is 17.7 Å². The first kappa shape index (κ1) is 22.1. The topological polar surface area (TPSA) is 117 Å². The van der Waals surface area contributed by atoms with Crippen molar-refractivity contribution < 1.29 is 4.74 Å². The lowest BCUT2D eigenvalue weighted by molar-refractivity contribution is 0.162. The van der Waals surface area contributed by atoms with Gasteiger partial charge >= 0.3 is 0 Å². The molecule has 0 radical (unpaired) electrons. The third-order valence-electron chi connectivity index (χ3n) is 6.64. The maximum absolute atomic E-state index is 6.20. The molecule has 0 spiro atoms. The molecule has 0 atom stereocenters. The molecule has 10 heteroatoms. The normalized spacial score (nSPS) is 14.5. The van der Waals surface area contributed by atoms with Crippen molar-refractivity contribution in [2.24, 2.45) is 0 Å². The first-order valence-electron chi connectivity index (χ1n) is 12.3. The summed E-state index contributed by atoms with van der Waals surface area (Å²) in [4.78, 5) is 24.4. The van der Waals surface area contributed by atoms with Crippen LogP contribution in [0.25, 0.3) is 55.3 Å². The largest absolute Gasteiger partial charge is 0.489 e. The maximum Gasteiger partial charge on any atom is 0.159 e. The molecule has 37 heavy (non-hydrogen) atoms. The summed E-state index contributed by atoms with van der Waals surface area (Å²) in [6, 6.07) is 10.2. The second-order valence-electron chi connectivity index (χ2n) is 9.22. The summed E-state index contributed by atoms with van der Waals surface area (Å²) >= 11 is 1.71. The minimum Gasteiger partial charge on any atom is -0.489 e. The molecule has 1 aliphatic rings. The van der Waals surface area contributed by atoms with Crippen LogP contribution in [0, 0.1) is 6.92 Å². The number of thiophene rings is 1. The zero-order valence-electron chi connectivity index (χ0n) is 20.2. The smallest absolute Gasteiger partial charge is 0.159 e. The number of H-pyrrole nitrogens is 2. The van der Waals surface area contributed by atoms with Gasteiger partial charge in [0, 0.05) is 28.2 Å². The lowest BCUT2D eigenvalue weighted by Gasteiger charge is -2.23. The Balaban J connectivity index is 1.26. The van der Waals surface area contributed by atoms with E-state index in [1.54, 1.807) is 23.7 Å². The van der Waals surface area contributed by atoms with E-state index >= 15 is 0 Å². The van der Waals surface area contributed by atoms with E-state index in [1.807, 2.05) is 30.6 Å². The summed E-state index contributed by atoms with van der Waals surface area (Å²) in [5.41, 5.74) is 5.88. The van der Waals surface area contributed by atoms with Gasteiger partial charge in [0.2, 0.25) is 0 Å². The first-order valence-corrected chi connectivity index (χ1v) is 13.1. The molecule has 7 rings (SSSR count). The van der Waals surface area contributed by atoms with E-state index in [0.29, 0.717) is 5.82 Å². The highest BCUT2D eigenvalue weighted by Crippen LogP contribution is 2.34. The minimum absolute atomic E-state index is 0.208. The lowest BCUT2D eigenvalue weighted by atomic mass is 10.1. The molecule has 184 valence electrons.